The van der Waals surface area contributed by atoms with Gasteiger partial charge in [0.05, 0.1) is 13.5 Å². The highest BCUT2D eigenvalue weighted by atomic mass is 35.5. The van der Waals surface area contributed by atoms with Crippen molar-refractivity contribution in [3.8, 4) is 11.1 Å². The third kappa shape index (κ3) is 4.08. The van der Waals surface area contributed by atoms with Gasteiger partial charge in [0.25, 0.3) is 0 Å². The van der Waals surface area contributed by atoms with Crippen molar-refractivity contribution in [2.75, 3.05) is 12.4 Å². The second-order valence-electron chi connectivity index (χ2n) is 6.72. The number of hydrogen-bond donors (Lipinski definition) is 1. The second-order valence-corrected chi connectivity index (χ2v) is 8.03. The summed E-state index contributed by atoms with van der Waals surface area (Å²) in [6.45, 7) is 0. The average molecular weight is 436 g/mol. The minimum Gasteiger partial charge on any atom is -0.465 e. The second kappa shape index (κ2) is 8.69. The van der Waals surface area contributed by atoms with Gasteiger partial charge in [0, 0.05) is 16.0 Å². The van der Waals surface area contributed by atoms with Crippen LogP contribution >= 0.6 is 22.9 Å². The molecule has 0 saturated carbocycles. The smallest absolute Gasteiger partial charge is 0.341 e. The largest absolute Gasteiger partial charge is 0.465 e. The van der Waals surface area contributed by atoms with E-state index in [-0.39, 0.29) is 12.3 Å². The quantitative estimate of drug-likeness (QED) is 0.380. The SMILES string of the molecule is COC(=O)c1c(-c2ccc(Cl)cc2)csc1NC(=O)Cc1cccc2ccccc12. The molecule has 4 rings (SSSR count). The van der Waals surface area contributed by atoms with E-state index < -0.39 is 5.97 Å². The fraction of sp³-hybridized carbons (Fsp3) is 0.0833. The Hall–Kier alpha value is -3.15. The molecule has 0 aliphatic heterocycles. The summed E-state index contributed by atoms with van der Waals surface area (Å²) in [5, 5.41) is 7.93. The zero-order chi connectivity index (χ0) is 21.1. The fourth-order valence-electron chi connectivity index (χ4n) is 3.39. The number of carbonyl (C=O) groups excluding carboxylic acids is 2. The molecule has 1 heterocycles. The van der Waals surface area contributed by atoms with Gasteiger partial charge in [-0.15, -0.1) is 11.3 Å². The maximum atomic E-state index is 12.8. The Morgan fingerprint density at radius 3 is 2.50 bits per heavy atom. The van der Waals surface area contributed by atoms with Gasteiger partial charge in [-0.1, -0.05) is 66.2 Å². The highest BCUT2D eigenvalue weighted by molar-refractivity contribution is 7.15. The van der Waals surface area contributed by atoms with Crippen LogP contribution in [0.3, 0.4) is 0 Å². The first kappa shape index (κ1) is 20.1. The van der Waals surface area contributed by atoms with Crippen LogP contribution in [0.1, 0.15) is 15.9 Å². The van der Waals surface area contributed by atoms with Gasteiger partial charge in [0.2, 0.25) is 5.91 Å². The van der Waals surface area contributed by atoms with Crippen LogP contribution in [0.4, 0.5) is 5.00 Å². The van der Waals surface area contributed by atoms with Crippen molar-refractivity contribution in [1.82, 2.24) is 0 Å². The number of hydrogen-bond acceptors (Lipinski definition) is 4. The Morgan fingerprint density at radius 2 is 1.73 bits per heavy atom. The van der Waals surface area contributed by atoms with Crippen molar-refractivity contribution in [2.24, 2.45) is 0 Å². The molecule has 0 aliphatic rings. The summed E-state index contributed by atoms with van der Waals surface area (Å²) < 4.78 is 4.97. The van der Waals surface area contributed by atoms with E-state index >= 15 is 0 Å². The highest BCUT2D eigenvalue weighted by Gasteiger charge is 2.22. The van der Waals surface area contributed by atoms with E-state index in [1.165, 1.54) is 18.4 Å². The lowest BCUT2D eigenvalue weighted by molar-refractivity contribution is -0.115. The Morgan fingerprint density at radius 1 is 1.00 bits per heavy atom. The molecule has 0 saturated heterocycles. The number of benzene rings is 3. The number of anilines is 1. The molecule has 3 aromatic carbocycles. The van der Waals surface area contributed by atoms with Gasteiger partial charge in [-0.3, -0.25) is 4.79 Å². The maximum absolute atomic E-state index is 12.8. The minimum atomic E-state index is -0.498. The van der Waals surface area contributed by atoms with E-state index in [0.29, 0.717) is 21.2 Å². The standard InChI is InChI=1S/C24H18ClNO3S/c1-29-24(28)22-20(16-9-11-18(25)12-10-16)14-30-23(22)26-21(27)13-17-7-4-6-15-5-2-3-8-19(15)17/h2-12,14H,13H2,1H3,(H,26,27). The third-order valence-electron chi connectivity index (χ3n) is 4.82. The number of amides is 1. The highest BCUT2D eigenvalue weighted by Crippen LogP contribution is 2.36. The first-order chi connectivity index (χ1) is 14.6. The van der Waals surface area contributed by atoms with Crippen molar-refractivity contribution >= 4 is 50.6 Å². The van der Waals surface area contributed by atoms with Gasteiger partial charge >= 0.3 is 5.97 Å². The lowest BCUT2D eigenvalue weighted by Crippen LogP contribution is -2.16. The normalized spacial score (nSPS) is 10.7. The molecule has 0 aliphatic carbocycles. The van der Waals surface area contributed by atoms with Crippen molar-refractivity contribution in [3.05, 3.63) is 88.3 Å². The molecule has 6 heteroatoms. The molecule has 0 bridgehead atoms. The number of carbonyl (C=O) groups is 2. The van der Waals surface area contributed by atoms with Crippen molar-refractivity contribution in [2.45, 2.75) is 6.42 Å². The van der Waals surface area contributed by atoms with Gasteiger partial charge in [-0.05, 0) is 34.0 Å². The van der Waals surface area contributed by atoms with Crippen LogP contribution in [0.2, 0.25) is 5.02 Å². The molecule has 0 atom stereocenters. The molecule has 0 radical (unpaired) electrons. The molecule has 4 nitrogen and oxygen atoms in total. The van der Waals surface area contributed by atoms with Crippen LogP contribution in [0.25, 0.3) is 21.9 Å². The molecule has 1 aromatic heterocycles. The summed E-state index contributed by atoms with van der Waals surface area (Å²) >= 11 is 7.27. The van der Waals surface area contributed by atoms with E-state index in [1.807, 2.05) is 60.0 Å². The van der Waals surface area contributed by atoms with E-state index in [9.17, 15) is 9.59 Å². The topological polar surface area (TPSA) is 55.4 Å². The zero-order valence-corrected chi connectivity index (χ0v) is 17.7. The summed E-state index contributed by atoms with van der Waals surface area (Å²) in [6, 6.07) is 21.0. The van der Waals surface area contributed by atoms with Crippen molar-refractivity contribution in [3.63, 3.8) is 0 Å². The molecule has 0 spiro atoms. The number of methoxy groups -OCH3 is 1. The lowest BCUT2D eigenvalue weighted by atomic mass is 10.0. The molecule has 1 amide bonds. The van der Waals surface area contributed by atoms with Crippen LogP contribution in [0.15, 0.2) is 72.1 Å². The summed E-state index contributed by atoms with van der Waals surface area (Å²) in [5.74, 6) is -0.692. The molecule has 1 N–H and O–H groups in total. The Bertz CT molecular complexity index is 1230. The molecular weight excluding hydrogens is 418 g/mol. The van der Waals surface area contributed by atoms with Gasteiger partial charge < -0.3 is 10.1 Å². The number of halogens is 1. The van der Waals surface area contributed by atoms with Crippen LogP contribution in [-0.4, -0.2) is 19.0 Å². The van der Waals surface area contributed by atoms with Crippen molar-refractivity contribution < 1.29 is 14.3 Å². The predicted octanol–water partition coefficient (Wildman–Crippen LogP) is 6.19. The number of rotatable bonds is 5. The number of fused-ring (bicyclic) bond motifs is 1. The lowest BCUT2D eigenvalue weighted by Gasteiger charge is -2.09. The minimum absolute atomic E-state index is 0.194. The summed E-state index contributed by atoms with van der Waals surface area (Å²) in [4.78, 5) is 25.3. The Labute approximate surface area is 183 Å². The third-order valence-corrected chi connectivity index (χ3v) is 5.97. The molecule has 150 valence electrons. The fourth-order valence-corrected chi connectivity index (χ4v) is 4.49. The molecule has 0 unspecified atom stereocenters. The number of esters is 1. The molecular formula is C24H18ClNO3S. The Kier molecular flexibility index (Phi) is 5.84. The monoisotopic (exact) mass is 435 g/mol. The summed E-state index contributed by atoms with van der Waals surface area (Å²) in [6.07, 6.45) is 0.205. The summed E-state index contributed by atoms with van der Waals surface area (Å²) in [7, 11) is 1.33. The number of thiophene rings is 1. The van der Waals surface area contributed by atoms with Crippen LogP contribution in [-0.2, 0) is 16.0 Å². The molecule has 0 fully saturated rings. The number of nitrogens with one attached hydrogen (secondary N) is 1. The van der Waals surface area contributed by atoms with Crippen LogP contribution < -0.4 is 5.32 Å². The van der Waals surface area contributed by atoms with Crippen LogP contribution in [0, 0.1) is 0 Å². The predicted molar refractivity (Wildman–Crippen MR) is 122 cm³/mol. The van der Waals surface area contributed by atoms with Gasteiger partial charge in [0.15, 0.2) is 0 Å². The average Bonchev–Trinajstić information content (AvgIpc) is 3.17. The van der Waals surface area contributed by atoms with Gasteiger partial charge in [-0.2, -0.15) is 0 Å². The first-order valence-electron chi connectivity index (χ1n) is 9.29. The molecule has 30 heavy (non-hydrogen) atoms. The van der Waals surface area contributed by atoms with Crippen molar-refractivity contribution in [1.29, 1.82) is 0 Å². The van der Waals surface area contributed by atoms with Crippen LogP contribution in [0.5, 0.6) is 0 Å². The molecule has 4 aromatic rings. The maximum Gasteiger partial charge on any atom is 0.341 e. The number of ether oxygens (including phenoxy) is 1. The van der Waals surface area contributed by atoms with Gasteiger partial charge in [0.1, 0.15) is 10.6 Å². The van der Waals surface area contributed by atoms with E-state index in [1.54, 1.807) is 12.1 Å². The van der Waals surface area contributed by atoms with E-state index in [4.69, 9.17) is 16.3 Å². The van der Waals surface area contributed by atoms with E-state index in [2.05, 4.69) is 5.32 Å². The van der Waals surface area contributed by atoms with Gasteiger partial charge in [-0.25, -0.2) is 4.79 Å². The first-order valence-corrected chi connectivity index (χ1v) is 10.5. The van der Waals surface area contributed by atoms with E-state index in [0.717, 1.165) is 21.9 Å². The zero-order valence-electron chi connectivity index (χ0n) is 16.1. The summed E-state index contributed by atoms with van der Waals surface area (Å²) in [5.41, 5.74) is 2.80. The Balaban J connectivity index is 1.63.